The second-order valence-corrected chi connectivity index (χ2v) is 3.91. The smallest absolute Gasteiger partial charge is 0.328 e. The van der Waals surface area contributed by atoms with Gasteiger partial charge >= 0.3 is 5.97 Å². The summed E-state index contributed by atoms with van der Waals surface area (Å²) in [5, 5.41) is 43.6. The number of aromatic hydroxyl groups is 4. The van der Waals surface area contributed by atoms with E-state index in [1.807, 2.05) is 0 Å². The summed E-state index contributed by atoms with van der Waals surface area (Å²) in [4.78, 5) is 10.1. The lowest BCUT2D eigenvalue weighted by atomic mass is 10.2. The number of phenolic OH excluding ortho intramolecular Hbond substituents is 4. The molecule has 2 aromatic carbocycles. The van der Waals surface area contributed by atoms with Crippen molar-refractivity contribution in [3.8, 4) is 23.0 Å². The fourth-order valence-corrected chi connectivity index (χ4v) is 1.28. The first kappa shape index (κ1) is 15.9. The molecule has 0 aliphatic rings. The highest BCUT2D eigenvalue weighted by Crippen LogP contribution is 2.25. The summed E-state index contributed by atoms with van der Waals surface area (Å²) in [6, 6.07) is 10.2. The number of carboxylic acids is 1. The molecule has 0 aromatic heterocycles. The van der Waals surface area contributed by atoms with Gasteiger partial charge in [0.25, 0.3) is 0 Å². The van der Waals surface area contributed by atoms with Crippen LogP contribution in [-0.2, 0) is 4.79 Å². The number of aliphatic carboxylic acids is 1. The fraction of sp³-hybridized carbons (Fsp3) is 0. The molecule has 6 heteroatoms. The summed E-state index contributed by atoms with van der Waals surface area (Å²) < 4.78 is 0. The predicted octanol–water partition coefficient (Wildman–Crippen LogP) is 2.29. The van der Waals surface area contributed by atoms with Crippen molar-refractivity contribution >= 4 is 12.0 Å². The van der Waals surface area contributed by atoms with Crippen LogP contribution in [0.15, 0.2) is 48.5 Å². The number of hydrogen-bond acceptors (Lipinski definition) is 5. The van der Waals surface area contributed by atoms with E-state index in [-0.39, 0.29) is 23.0 Å². The first-order valence-corrected chi connectivity index (χ1v) is 5.80. The highest BCUT2D eigenvalue weighted by Gasteiger charge is 1.97. The molecule has 0 aliphatic carbocycles. The van der Waals surface area contributed by atoms with Gasteiger partial charge in [-0.2, -0.15) is 0 Å². The monoisotopic (exact) mass is 290 g/mol. The van der Waals surface area contributed by atoms with Crippen molar-refractivity contribution in [1.29, 1.82) is 0 Å². The van der Waals surface area contributed by atoms with E-state index in [1.165, 1.54) is 36.4 Å². The SMILES string of the molecule is O=C(O)/C=C/c1ccc(O)c(O)c1.Oc1ccccc1O. The standard InChI is InChI=1S/C9H8O4.C6H6O2/c10-7-3-1-6(5-8(7)11)2-4-9(12)13;7-5-3-1-2-4-6(5)8/h1-5,10-11H,(H,12,13);1-4,7-8H/b4-2+;. The Bertz CT molecular complexity index is 627. The second-order valence-electron chi connectivity index (χ2n) is 3.91. The topological polar surface area (TPSA) is 118 Å². The molecule has 2 aromatic rings. The average Bonchev–Trinajstić information content (AvgIpc) is 2.44. The Hall–Kier alpha value is -3.15. The van der Waals surface area contributed by atoms with Crippen LogP contribution >= 0.6 is 0 Å². The zero-order chi connectivity index (χ0) is 15.8. The molecule has 0 amide bonds. The lowest BCUT2D eigenvalue weighted by Gasteiger charge is -1.97. The maximum absolute atomic E-state index is 10.1. The molecule has 0 unspecified atom stereocenters. The van der Waals surface area contributed by atoms with Crippen LogP contribution in [0.4, 0.5) is 0 Å². The van der Waals surface area contributed by atoms with E-state index in [0.29, 0.717) is 5.56 Å². The van der Waals surface area contributed by atoms with Gasteiger partial charge in [-0.05, 0) is 35.9 Å². The Morgan fingerprint density at radius 3 is 1.76 bits per heavy atom. The molecule has 110 valence electrons. The number of phenols is 4. The van der Waals surface area contributed by atoms with Crippen LogP contribution in [0.3, 0.4) is 0 Å². The van der Waals surface area contributed by atoms with E-state index in [2.05, 4.69) is 0 Å². The largest absolute Gasteiger partial charge is 0.504 e. The third-order valence-electron chi connectivity index (χ3n) is 2.30. The van der Waals surface area contributed by atoms with Gasteiger partial charge < -0.3 is 25.5 Å². The first-order chi connectivity index (χ1) is 9.90. The molecular formula is C15H14O6. The van der Waals surface area contributed by atoms with Gasteiger partial charge in [-0.3, -0.25) is 0 Å². The van der Waals surface area contributed by atoms with Crippen molar-refractivity contribution < 1.29 is 30.3 Å². The number of benzene rings is 2. The highest BCUT2D eigenvalue weighted by molar-refractivity contribution is 5.85. The quantitative estimate of drug-likeness (QED) is 0.428. The van der Waals surface area contributed by atoms with Crippen LogP contribution in [0.25, 0.3) is 6.08 Å². The van der Waals surface area contributed by atoms with E-state index in [9.17, 15) is 4.79 Å². The van der Waals surface area contributed by atoms with Gasteiger partial charge in [0.2, 0.25) is 0 Å². The van der Waals surface area contributed by atoms with Crippen molar-refractivity contribution in [2.75, 3.05) is 0 Å². The highest BCUT2D eigenvalue weighted by atomic mass is 16.4. The Morgan fingerprint density at radius 2 is 1.33 bits per heavy atom. The molecule has 0 bridgehead atoms. The molecule has 21 heavy (non-hydrogen) atoms. The van der Waals surface area contributed by atoms with Gasteiger partial charge in [0.15, 0.2) is 23.0 Å². The van der Waals surface area contributed by atoms with E-state index < -0.39 is 5.97 Å². The minimum Gasteiger partial charge on any atom is -0.504 e. The van der Waals surface area contributed by atoms with Gasteiger partial charge in [-0.1, -0.05) is 18.2 Å². The number of carboxylic acid groups (broad SMARTS) is 1. The van der Waals surface area contributed by atoms with E-state index in [4.69, 9.17) is 25.5 Å². The average molecular weight is 290 g/mol. The summed E-state index contributed by atoms with van der Waals surface area (Å²) in [6.07, 6.45) is 2.27. The van der Waals surface area contributed by atoms with Gasteiger partial charge in [0.1, 0.15) is 0 Å². The number of carbonyl (C=O) groups is 1. The zero-order valence-corrected chi connectivity index (χ0v) is 10.8. The second kappa shape index (κ2) is 7.44. The lowest BCUT2D eigenvalue weighted by Crippen LogP contribution is -1.85. The summed E-state index contributed by atoms with van der Waals surface area (Å²) in [6.45, 7) is 0. The summed E-state index contributed by atoms with van der Waals surface area (Å²) in [5.41, 5.74) is 0.512. The maximum Gasteiger partial charge on any atom is 0.328 e. The summed E-state index contributed by atoms with van der Waals surface area (Å²) >= 11 is 0. The predicted molar refractivity (Wildman–Crippen MR) is 76.2 cm³/mol. The third-order valence-corrected chi connectivity index (χ3v) is 2.30. The van der Waals surface area contributed by atoms with Crippen molar-refractivity contribution in [3.05, 3.63) is 54.1 Å². The Morgan fingerprint density at radius 1 is 0.810 bits per heavy atom. The molecule has 0 fully saturated rings. The molecule has 6 nitrogen and oxygen atoms in total. The zero-order valence-electron chi connectivity index (χ0n) is 10.8. The Kier molecular flexibility index (Phi) is 5.64. The van der Waals surface area contributed by atoms with Gasteiger partial charge in [-0.25, -0.2) is 4.79 Å². The first-order valence-electron chi connectivity index (χ1n) is 5.80. The van der Waals surface area contributed by atoms with Crippen molar-refractivity contribution in [1.82, 2.24) is 0 Å². The third kappa shape index (κ3) is 5.56. The minimum atomic E-state index is -1.06. The molecule has 0 heterocycles. The van der Waals surface area contributed by atoms with Crippen LogP contribution in [0.2, 0.25) is 0 Å². The molecule has 0 atom stereocenters. The minimum absolute atomic E-state index is 0.0764. The van der Waals surface area contributed by atoms with Crippen molar-refractivity contribution in [2.24, 2.45) is 0 Å². The van der Waals surface area contributed by atoms with Crippen LogP contribution in [0.1, 0.15) is 5.56 Å². The number of para-hydroxylation sites is 2. The van der Waals surface area contributed by atoms with Gasteiger partial charge in [-0.15, -0.1) is 0 Å². The molecule has 0 saturated heterocycles. The normalized spacial score (nSPS) is 9.90. The Labute approximate surface area is 120 Å². The van der Waals surface area contributed by atoms with E-state index in [1.54, 1.807) is 12.1 Å². The molecule has 5 N–H and O–H groups in total. The molecule has 0 spiro atoms. The van der Waals surface area contributed by atoms with Crippen LogP contribution in [-0.4, -0.2) is 31.5 Å². The van der Waals surface area contributed by atoms with Crippen LogP contribution in [0, 0.1) is 0 Å². The molecular weight excluding hydrogens is 276 g/mol. The molecule has 2 rings (SSSR count). The van der Waals surface area contributed by atoms with Crippen molar-refractivity contribution in [2.45, 2.75) is 0 Å². The van der Waals surface area contributed by atoms with Gasteiger partial charge in [0, 0.05) is 6.08 Å². The fourth-order valence-electron chi connectivity index (χ4n) is 1.28. The number of hydrogen-bond donors (Lipinski definition) is 5. The van der Waals surface area contributed by atoms with E-state index in [0.717, 1.165) is 6.08 Å². The van der Waals surface area contributed by atoms with Gasteiger partial charge in [0.05, 0.1) is 0 Å². The van der Waals surface area contributed by atoms with Crippen LogP contribution < -0.4 is 0 Å². The van der Waals surface area contributed by atoms with E-state index >= 15 is 0 Å². The molecule has 0 saturated carbocycles. The van der Waals surface area contributed by atoms with Crippen LogP contribution in [0.5, 0.6) is 23.0 Å². The Balaban J connectivity index is 0.000000235. The molecule has 0 aliphatic heterocycles. The lowest BCUT2D eigenvalue weighted by molar-refractivity contribution is -0.131. The maximum atomic E-state index is 10.1. The van der Waals surface area contributed by atoms with Crippen molar-refractivity contribution in [3.63, 3.8) is 0 Å². The summed E-state index contributed by atoms with van der Waals surface area (Å²) in [7, 11) is 0. The molecule has 0 radical (unpaired) electrons. The number of rotatable bonds is 2. The summed E-state index contributed by atoms with van der Waals surface area (Å²) in [5.74, 6) is -1.72.